The number of aromatic nitrogens is 1. The molecular formula is C22H21ClFNO. The Labute approximate surface area is 157 Å². The predicted octanol–water partition coefficient (Wildman–Crippen LogP) is 5.25. The summed E-state index contributed by atoms with van der Waals surface area (Å²) in [6.07, 6.45) is 5.92. The van der Waals surface area contributed by atoms with Gasteiger partial charge in [-0.2, -0.15) is 0 Å². The molecule has 0 aliphatic heterocycles. The van der Waals surface area contributed by atoms with Crippen LogP contribution in [0, 0.1) is 5.82 Å². The Balaban J connectivity index is 1.61. The molecule has 0 bridgehead atoms. The number of hydrogen-bond donors (Lipinski definition) is 0. The van der Waals surface area contributed by atoms with Crippen molar-refractivity contribution in [1.29, 1.82) is 0 Å². The Morgan fingerprint density at radius 2 is 1.62 bits per heavy atom. The maximum Gasteiger partial charge on any atom is 0.250 e. The van der Waals surface area contributed by atoms with Gasteiger partial charge < -0.3 is 4.57 Å². The van der Waals surface area contributed by atoms with Crippen LogP contribution in [0.5, 0.6) is 0 Å². The molecular weight excluding hydrogens is 349 g/mol. The number of rotatable bonds is 7. The number of nitrogens with zero attached hydrogens (tertiary/aromatic N) is 1. The quantitative estimate of drug-likeness (QED) is 0.521. The zero-order valence-electron chi connectivity index (χ0n) is 14.5. The first-order valence-corrected chi connectivity index (χ1v) is 9.17. The molecule has 26 heavy (non-hydrogen) atoms. The Morgan fingerprint density at radius 1 is 0.885 bits per heavy atom. The molecule has 0 N–H and O–H groups in total. The molecule has 2 aromatic carbocycles. The largest absolute Gasteiger partial charge is 0.311 e. The predicted molar refractivity (Wildman–Crippen MR) is 104 cm³/mol. The average molecular weight is 370 g/mol. The number of hydrogen-bond acceptors (Lipinski definition) is 1. The smallest absolute Gasteiger partial charge is 0.250 e. The summed E-state index contributed by atoms with van der Waals surface area (Å²) in [5.74, 6) is -0.391. The highest BCUT2D eigenvalue weighted by atomic mass is 35.5. The highest BCUT2D eigenvalue weighted by Crippen LogP contribution is 2.15. The lowest BCUT2D eigenvalue weighted by Crippen LogP contribution is -2.20. The molecule has 0 spiro atoms. The number of aryl methyl sites for hydroxylation is 2. The van der Waals surface area contributed by atoms with Gasteiger partial charge in [0.25, 0.3) is 5.56 Å². The lowest BCUT2D eigenvalue weighted by molar-refractivity contribution is 0.595. The van der Waals surface area contributed by atoms with Crippen molar-refractivity contribution in [2.75, 3.05) is 0 Å². The van der Waals surface area contributed by atoms with Gasteiger partial charge in [-0.3, -0.25) is 4.79 Å². The van der Waals surface area contributed by atoms with Crippen LogP contribution < -0.4 is 5.56 Å². The van der Waals surface area contributed by atoms with Crippen molar-refractivity contribution in [1.82, 2.24) is 4.57 Å². The summed E-state index contributed by atoms with van der Waals surface area (Å²) in [6.45, 7) is 0.208. The Morgan fingerprint density at radius 3 is 2.35 bits per heavy atom. The third-order valence-corrected chi connectivity index (χ3v) is 4.66. The van der Waals surface area contributed by atoms with E-state index < -0.39 is 5.82 Å². The zero-order valence-corrected chi connectivity index (χ0v) is 15.3. The molecule has 0 unspecified atom stereocenters. The summed E-state index contributed by atoms with van der Waals surface area (Å²) in [4.78, 5) is 12.1. The molecule has 0 radical (unpaired) electrons. The summed E-state index contributed by atoms with van der Waals surface area (Å²) in [7, 11) is 0. The minimum absolute atomic E-state index is 0.132. The molecule has 1 heterocycles. The molecule has 0 atom stereocenters. The minimum atomic E-state index is -0.391. The maximum atomic E-state index is 14.0. The highest BCUT2D eigenvalue weighted by Gasteiger charge is 2.06. The van der Waals surface area contributed by atoms with Gasteiger partial charge in [-0.15, -0.1) is 0 Å². The molecule has 0 amide bonds. The second kappa shape index (κ2) is 8.81. The summed E-state index contributed by atoms with van der Waals surface area (Å²) in [5, 5.41) is 0.353. The average Bonchev–Trinajstić information content (AvgIpc) is 2.64. The number of benzene rings is 2. The lowest BCUT2D eigenvalue weighted by atomic mass is 10.0. The molecule has 1 aromatic heterocycles. The van der Waals surface area contributed by atoms with Gasteiger partial charge in [0, 0.05) is 22.8 Å². The van der Waals surface area contributed by atoms with Gasteiger partial charge in [-0.25, -0.2) is 4.39 Å². The van der Waals surface area contributed by atoms with Crippen molar-refractivity contribution in [3.8, 4) is 0 Å². The van der Waals surface area contributed by atoms with Gasteiger partial charge in [0.2, 0.25) is 0 Å². The third-order valence-electron chi connectivity index (χ3n) is 4.42. The second-order valence-electron chi connectivity index (χ2n) is 6.43. The van der Waals surface area contributed by atoms with Crippen LogP contribution in [-0.4, -0.2) is 4.57 Å². The number of halogens is 2. The van der Waals surface area contributed by atoms with E-state index in [1.54, 1.807) is 22.8 Å². The van der Waals surface area contributed by atoms with E-state index in [9.17, 15) is 9.18 Å². The van der Waals surface area contributed by atoms with Gasteiger partial charge in [0.15, 0.2) is 0 Å². The van der Waals surface area contributed by atoms with Gasteiger partial charge in [-0.05, 0) is 48.9 Å². The molecule has 0 saturated heterocycles. The van der Waals surface area contributed by atoms with E-state index >= 15 is 0 Å². The zero-order chi connectivity index (χ0) is 18.4. The fourth-order valence-electron chi connectivity index (χ4n) is 2.99. The van der Waals surface area contributed by atoms with E-state index in [-0.39, 0.29) is 12.1 Å². The first-order chi connectivity index (χ1) is 12.6. The summed E-state index contributed by atoms with van der Waals surface area (Å²) >= 11 is 5.78. The number of pyridine rings is 1. The summed E-state index contributed by atoms with van der Waals surface area (Å²) in [6, 6.07) is 18.4. The van der Waals surface area contributed by atoms with E-state index in [1.807, 2.05) is 18.3 Å². The normalized spacial score (nSPS) is 10.8. The SMILES string of the molecule is O=c1ccc(CCCCc2ccccc2)cn1Cc1ccc(Cl)cc1F. The molecule has 3 rings (SSSR count). The number of unbranched alkanes of at least 4 members (excludes halogenated alkanes) is 1. The van der Waals surface area contributed by atoms with Gasteiger partial charge in [0.1, 0.15) is 5.82 Å². The molecule has 0 aliphatic rings. The van der Waals surface area contributed by atoms with Crippen LogP contribution in [0.2, 0.25) is 5.02 Å². The molecule has 2 nitrogen and oxygen atoms in total. The van der Waals surface area contributed by atoms with Crippen molar-refractivity contribution in [2.24, 2.45) is 0 Å². The van der Waals surface area contributed by atoms with Crippen LogP contribution in [0.25, 0.3) is 0 Å². The monoisotopic (exact) mass is 369 g/mol. The third kappa shape index (κ3) is 5.06. The molecule has 0 saturated carbocycles. The molecule has 0 fully saturated rings. The molecule has 3 aromatic rings. The van der Waals surface area contributed by atoms with Crippen LogP contribution in [0.1, 0.15) is 29.5 Å². The van der Waals surface area contributed by atoms with Crippen molar-refractivity contribution in [2.45, 2.75) is 32.2 Å². The van der Waals surface area contributed by atoms with Crippen molar-refractivity contribution < 1.29 is 4.39 Å². The minimum Gasteiger partial charge on any atom is -0.311 e. The van der Waals surface area contributed by atoms with Crippen LogP contribution >= 0.6 is 11.6 Å². The van der Waals surface area contributed by atoms with Crippen LogP contribution in [-0.2, 0) is 19.4 Å². The molecule has 134 valence electrons. The van der Waals surface area contributed by atoms with E-state index in [0.29, 0.717) is 10.6 Å². The molecule has 0 aliphatic carbocycles. The van der Waals surface area contributed by atoms with E-state index in [0.717, 1.165) is 31.2 Å². The van der Waals surface area contributed by atoms with Gasteiger partial charge in [-0.1, -0.05) is 54.1 Å². The first kappa shape index (κ1) is 18.4. The van der Waals surface area contributed by atoms with E-state index in [1.165, 1.54) is 11.6 Å². The van der Waals surface area contributed by atoms with Gasteiger partial charge in [0.05, 0.1) is 6.54 Å². The maximum absolute atomic E-state index is 14.0. The highest BCUT2D eigenvalue weighted by molar-refractivity contribution is 6.30. The summed E-state index contributed by atoms with van der Waals surface area (Å²) < 4.78 is 15.5. The topological polar surface area (TPSA) is 22.0 Å². The van der Waals surface area contributed by atoms with E-state index in [2.05, 4.69) is 24.3 Å². The van der Waals surface area contributed by atoms with Crippen molar-refractivity contribution in [3.05, 3.63) is 105 Å². The molecule has 4 heteroatoms. The second-order valence-corrected chi connectivity index (χ2v) is 6.87. The van der Waals surface area contributed by atoms with Gasteiger partial charge >= 0.3 is 0 Å². The summed E-state index contributed by atoms with van der Waals surface area (Å²) in [5.41, 5.74) is 2.76. The van der Waals surface area contributed by atoms with Crippen LogP contribution in [0.3, 0.4) is 0 Å². The Hall–Kier alpha value is -2.39. The van der Waals surface area contributed by atoms with Crippen molar-refractivity contribution >= 4 is 11.6 Å². The lowest BCUT2D eigenvalue weighted by Gasteiger charge is -2.10. The Kier molecular flexibility index (Phi) is 6.24. The standard InChI is InChI=1S/C22H21ClFNO/c23-20-12-11-19(21(24)14-20)16-25-15-18(10-13-22(25)26)9-5-4-8-17-6-2-1-3-7-17/h1-3,6-7,10-15H,4-5,8-9,16H2. The Bertz CT molecular complexity index is 921. The van der Waals surface area contributed by atoms with Crippen LogP contribution in [0.15, 0.2) is 71.7 Å². The fourth-order valence-corrected chi connectivity index (χ4v) is 3.15. The first-order valence-electron chi connectivity index (χ1n) is 8.79. The van der Waals surface area contributed by atoms with E-state index in [4.69, 9.17) is 11.6 Å². The van der Waals surface area contributed by atoms with Crippen LogP contribution in [0.4, 0.5) is 4.39 Å². The fraction of sp³-hybridized carbons (Fsp3) is 0.227. The van der Waals surface area contributed by atoms with Crippen molar-refractivity contribution in [3.63, 3.8) is 0 Å².